The van der Waals surface area contributed by atoms with E-state index in [0.29, 0.717) is 24.4 Å². The standard InChI is InChI=1S/C12H22N6O2/c1-2-20-12-16-10(15-11(17-12)18-13)14-6-8-4-3-5-9(8)7-19/h8-9,19H,2-7,13H2,1H3,(H2,14,15,16,17,18). The van der Waals surface area contributed by atoms with E-state index >= 15 is 0 Å². The van der Waals surface area contributed by atoms with E-state index in [1.165, 1.54) is 0 Å². The van der Waals surface area contributed by atoms with Crippen molar-refractivity contribution in [1.82, 2.24) is 15.0 Å². The lowest BCUT2D eigenvalue weighted by Crippen LogP contribution is -2.22. The predicted molar refractivity (Wildman–Crippen MR) is 75.2 cm³/mol. The zero-order valence-electron chi connectivity index (χ0n) is 11.7. The molecule has 0 bridgehead atoms. The van der Waals surface area contributed by atoms with Crippen molar-refractivity contribution in [1.29, 1.82) is 0 Å². The fourth-order valence-corrected chi connectivity index (χ4v) is 2.54. The Morgan fingerprint density at radius 3 is 2.70 bits per heavy atom. The summed E-state index contributed by atoms with van der Waals surface area (Å²) >= 11 is 0. The van der Waals surface area contributed by atoms with Crippen LogP contribution in [0.2, 0.25) is 0 Å². The highest BCUT2D eigenvalue weighted by molar-refractivity contribution is 5.34. The highest BCUT2D eigenvalue weighted by atomic mass is 16.5. The molecule has 2 rings (SSSR count). The van der Waals surface area contributed by atoms with E-state index in [-0.39, 0.29) is 18.6 Å². The summed E-state index contributed by atoms with van der Waals surface area (Å²) in [6.07, 6.45) is 3.36. The summed E-state index contributed by atoms with van der Waals surface area (Å²) in [5, 5.41) is 12.5. The topological polar surface area (TPSA) is 118 Å². The number of aliphatic hydroxyl groups excluding tert-OH is 1. The zero-order chi connectivity index (χ0) is 14.4. The number of nitrogens with one attached hydrogen (secondary N) is 2. The van der Waals surface area contributed by atoms with Crippen molar-refractivity contribution in [2.45, 2.75) is 26.2 Å². The van der Waals surface area contributed by atoms with Crippen molar-refractivity contribution in [3.8, 4) is 6.01 Å². The third kappa shape index (κ3) is 3.67. The summed E-state index contributed by atoms with van der Waals surface area (Å²) in [5.74, 6) is 6.83. The number of hydrazine groups is 1. The molecule has 8 heteroatoms. The van der Waals surface area contributed by atoms with Gasteiger partial charge in [-0.1, -0.05) is 6.42 Å². The van der Waals surface area contributed by atoms with Crippen LogP contribution in [0.25, 0.3) is 0 Å². The molecule has 1 aliphatic rings. The first-order chi connectivity index (χ1) is 9.76. The maximum atomic E-state index is 9.31. The van der Waals surface area contributed by atoms with E-state index in [2.05, 4.69) is 25.7 Å². The third-order valence-corrected chi connectivity index (χ3v) is 3.59. The molecule has 0 amide bonds. The van der Waals surface area contributed by atoms with Crippen molar-refractivity contribution in [3.05, 3.63) is 0 Å². The number of hydrogen-bond donors (Lipinski definition) is 4. The Morgan fingerprint density at radius 2 is 2.00 bits per heavy atom. The Morgan fingerprint density at radius 1 is 1.25 bits per heavy atom. The second kappa shape index (κ2) is 7.20. The largest absolute Gasteiger partial charge is 0.464 e. The zero-order valence-corrected chi connectivity index (χ0v) is 11.7. The van der Waals surface area contributed by atoms with Crippen LogP contribution < -0.4 is 21.3 Å². The van der Waals surface area contributed by atoms with Gasteiger partial charge in [-0.15, -0.1) is 0 Å². The average Bonchev–Trinajstić information content (AvgIpc) is 2.92. The van der Waals surface area contributed by atoms with Gasteiger partial charge in [-0.3, -0.25) is 5.43 Å². The number of nitrogen functional groups attached to an aromatic ring is 1. The minimum absolute atomic E-state index is 0.239. The number of rotatable bonds is 7. The van der Waals surface area contributed by atoms with Crippen molar-refractivity contribution in [3.63, 3.8) is 0 Å². The number of aliphatic hydroxyl groups is 1. The summed E-state index contributed by atoms with van der Waals surface area (Å²) in [6.45, 7) is 3.30. The van der Waals surface area contributed by atoms with Crippen molar-refractivity contribution in [2.24, 2.45) is 17.7 Å². The summed E-state index contributed by atoms with van der Waals surface area (Å²) in [7, 11) is 0. The predicted octanol–water partition coefficient (Wildman–Crippen LogP) is 0.376. The molecule has 2 unspecified atom stereocenters. The lowest BCUT2D eigenvalue weighted by atomic mass is 9.97. The van der Waals surface area contributed by atoms with Crippen LogP contribution in [-0.2, 0) is 0 Å². The highest BCUT2D eigenvalue weighted by Gasteiger charge is 2.26. The Kier molecular flexibility index (Phi) is 5.31. The molecule has 1 aromatic heterocycles. The first kappa shape index (κ1) is 14.7. The van der Waals surface area contributed by atoms with Gasteiger partial charge in [0.05, 0.1) is 6.61 Å². The minimum Gasteiger partial charge on any atom is -0.464 e. The third-order valence-electron chi connectivity index (χ3n) is 3.59. The number of hydrogen-bond acceptors (Lipinski definition) is 8. The number of nitrogens with two attached hydrogens (primary N) is 1. The smallest absolute Gasteiger partial charge is 0.323 e. The number of aromatic nitrogens is 3. The van der Waals surface area contributed by atoms with Gasteiger partial charge in [-0.05, 0) is 31.6 Å². The summed E-state index contributed by atoms with van der Waals surface area (Å²) in [6, 6.07) is 0.239. The van der Waals surface area contributed by atoms with Crippen LogP contribution in [0.3, 0.4) is 0 Å². The fraction of sp³-hybridized carbons (Fsp3) is 0.750. The second-order valence-electron chi connectivity index (χ2n) is 4.86. The first-order valence-electron chi connectivity index (χ1n) is 6.97. The van der Waals surface area contributed by atoms with E-state index in [9.17, 15) is 5.11 Å². The van der Waals surface area contributed by atoms with Crippen LogP contribution in [0.5, 0.6) is 6.01 Å². The first-order valence-corrected chi connectivity index (χ1v) is 6.97. The van der Waals surface area contributed by atoms with Crippen LogP contribution in [0, 0.1) is 11.8 Å². The Bertz CT molecular complexity index is 430. The van der Waals surface area contributed by atoms with E-state index in [0.717, 1.165) is 25.8 Å². The van der Waals surface area contributed by atoms with E-state index in [1.807, 2.05) is 6.92 Å². The van der Waals surface area contributed by atoms with Crippen LogP contribution >= 0.6 is 0 Å². The van der Waals surface area contributed by atoms with Crippen molar-refractivity contribution < 1.29 is 9.84 Å². The molecule has 0 radical (unpaired) electrons. The Labute approximate surface area is 118 Å². The van der Waals surface area contributed by atoms with Gasteiger partial charge in [-0.2, -0.15) is 15.0 Å². The Hall–Kier alpha value is -1.67. The normalized spacial score (nSPS) is 21.8. The van der Waals surface area contributed by atoms with E-state index < -0.39 is 0 Å². The molecule has 0 aromatic carbocycles. The number of nitrogens with zero attached hydrogens (tertiary/aromatic N) is 3. The number of anilines is 2. The molecule has 2 atom stereocenters. The van der Waals surface area contributed by atoms with Crippen molar-refractivity contribution >= 4 is 11.9 Å². The molecule has 1 saturated carbocycles. The fourth-order valence-electron chi connectivity index (χ4n) is 2.54. The molecule has 1 aromatic rings. The van der Waals surface area contributed by atoms with Gasteiger partial charge < -0.3 is 15.2 Å². The van der Waals surface area contributed by atoms with Crippen LogP contribution in [0.15, 0.2) is 0 Å². The molecule has 20 heavy (non-hydrogen) atoms. The van der Waals surface area contributed by atoms with Gasteiger partial charge >= 0.3 is 6.01 Å². The van der Waals surface area contributed by atoms with Gasteiger partial charge in [0, 0.05) is 13.2 Å². The lowest BCUT2D eigenvalue weighted by Gasteiger charge is -2.18. The molecule has 112 valence electrons. The molecular formula is C12H22N6O2. The van der Waals surface area contributed by atoms with Crippen LogP contribution in [-0.4, -0.2) is 39.8 Å². The molecule has 1 heterocycles. The maximum Gasteiger partial charge on any atom is 0.323 e. The molecule has 0 saturated heterocycles. The summed E-state index contributed by atoms with van der Waals surface area (Å²) in [5.41, 5.74) is 2.39. The molecule has 1 fully saturated rings. The van der Waals surface area contributed by atoms with Crippen molar-refractivity contribution in [2.75, 3.05) is 30.5 Å². The average molecular weight is 282 g/mol. The van der Waals surface area contributed by atoms with E-state index in [1.54, 1.807) is 0 Å². The van der Waals surface area contributed by atoms with Gasteiger partial charge in [0.1, 0.15) is 0 Å². The number of ether oxygens (including phenoxy) is 1. The highest BCUT2D eigenvalue weighted by Crippen LogP contribution is 2.31. The minimum atomic E-state index is 0.239. The molecule has 0 spiro atoms. The summed E-state index contributed by atoms with van der Waals surface area (Å²) in [4.78, 5) is 12.3. The maximum absolute atomic E-state index is 9.31. The van der Waals surface area contributed by atoms with Gasteiger partial charge in [0.2, 0.25) is 11.9 Å². The molecular weight excluding hydrogens is 260 g/mol. The second-order valence-corrected chi connectivity index (χ2v) is 4.86. The van der Waals surface area contributed by atoms with Gasteiger partial charge in [-0.25, -0.2) is 5.84 Å². The quantitative estimate of drug-likeness (QED) is 0.418. The van der Waals surface area contributed by atoms with Crippen LogP contribution in [0.1, 0.15) is 26.2 Å². The molecule has 5 N–H and O–H groups in total. The lowest BCUT2D eigenvalue weighted by molar-refractivity contribution is 0.198. The Balaban J connectivity index is 1.99. The van der Waals surface area contributed by atoms with Gasteiger partial charge in [0.25, 0.3) is 0 Å². The summed E-state index contributed by atoms with van der Waals surface area (Å²) < 4.78 is 5.27. The molecule has 1 aliphatic carbocycles. The van der Waals surface area contributed by atoms with E-state index in [4.69, 9.17) is 10.6 Å². The molecule has 8 nitrogen and oxygen atoms in total. The SMILES string of the molecule is CCOc1nc(NN)nc(NCC2CCCC2CO)n1. The monoisotopic (exact) mass is 282 g/mol. The van der Waals surface area contributed by atoms with Gasteiger partial charge in [0.15, 0.2) is 0 Å². The molecule has 0 aliphatic heterocycles. The van der Waals surface area contributed by atoms with Crippen LogP contribution in [0.4, 0.5) is 11.9 Å².